The average Bonchev–Trinajstić information content (AvgIpc) is 2.41. The molecular formula is C13H11FN4O2. The van der Waals surface area contributed by atoms with Gasteiger partial charge < -0.3 is 10.3 Å². The van der Waals surface area contributed by atoms with Crippen LogP contribution in [0.25, 0.3) is 0 Å². The molecule has 0 unspecified atom stereocenters. The molecule has 0 aliphatic rings. The maximum Gasteiger partial charge on any atom is 0.331 e. The molecule has 7 heteroatoms. The van der Waals surface area contributed by atoms with E-state index in [2.05, 4.69) is 0 Å². The molecule has 2 aromatic rings. The van der Waals surface area contributed by atoms with Gasteiger partial charge >= 0.3 is 5.69 Å². The van der Waals surface area contributed by atoms with Crippen molar-refractivity contribution in [3.8, 4) is 6.07 Å². The standard InChI is InChI=1S/C13H11FN4O2/c1-17-7-11(16)12(19)18(13(17)20)6-9-4-10(14)3-2-8(9)5-15/h2-4,7H,6,16H2,1H3. The molecule has 0 spiro atoms. The molecule has 0 radical (unpaired) electrons. The number of nitrogens with zero attached hydrogens (tertiary/aromatic N) is 3. The quantitative estimate of drug-likeness (QED) is 0.845. The smallest absolute Gasteiger partial charge is 0.331 e. The molecule has 0 saturated carbocycles. The van der Waals surface area contributed by atoms with Gasteiger partial charge in [-0.3, -0.25) is 9.36 Å². The normalized spacial score (nSPS) is 10.2. The van der Waals surface area contributed by atoms with Crippen molar-refractivity contribution in [1.29, 1.82) is 5.26 Å². The number of nitriles is 1. The lowest BCUT2D eigenvalue weighted by molar-refractivity contribution is 0.613. The number of aromatic nitrogens is 2. The highest BCUT2D eigenvalue weighted by atomic mass is 19.1. The molecule has 20 heavy (non-hydrogen) atoms. The molecule has 2 N–H and O–H groups in total. The van der Waals surface area contributed by atoms with Crippen molar-refractivity contribution < 1.29 is 4.39 Å². The van der Waals surface area contributed by atoms with Crippen LogP contribution in [0.1, 0.15) is 11.1 Å². The van der Waals surface area contributed by atoms with Crippen molar-refractivity contribution in [1.82, 2.24) is 9.13 Å². The van der Waals surface area contributed by atoms with E-state index in [9.17, 15) is 14.0 Å². The summed E-state index contributed by atoms with van der Waals surface area (Å²) in [6.45, 7) is -0.211. The van der Waals surface area contributed by atoms with Crippen LogP contribution >= 0.6 is 0 Å². The van der Waals surface area contributed by atoms with E-state index in [0.29, 0.717) is 0 Å². The van der Waals surface area contributed by atoms with Crippen LogP contribution in [0.15, 0.2) is 34.0 Å². The minimum atomic E-state index is -0.666. The number of hydrogen-bond donors (Lipinski definition) is 1. The Morgan fingerprint density at radius 1 is 1.40 bits per heavy atom. The molecule has 1 aromatic carbocycles. The molecule has 0 fully saturated rings. The van der Waals surface area contributed by atoms with Crippen molar-refractivity contribution >= 4 is 5.69 Å². The highest BCUT2D eigenvalue weighted by Gasteiger charge is 2.11. The number of nitrogen functional groups attached to an aromatic ring is 1. The van der Waals surface area contributed by atoms with Gasteiger partial charge in [-0.05, 0) is 23.8 Å². The van der Waals surface area contributed by atoms with E-state index in [-0.39, 0.29) is 23.4 Å². The number of anilines is 1. The molecule has 0 aliphatic heterocycles. The Labute approximate surface area is 113 Å². The molecule has 0 saturated heterocycles. The van der Waals surface area contributed by atoms with Crippen molar-refractivity contribution in [3.05, 3.63) is 62.2 Å². The summed E-state index contributed by atoms with van der Waals surface area (Å²) in [5.74, 6) is -0.548. The van der Waals surface area contributed by atoms with Gasteiger partial charge in [-0.25, -0.2) is 9.18 Å². The van der Waals surface area contributed by atoms with Gasteiger partial charge in [0, 0.05) is 13.2 Å². The molecule has 1 heterocycles. The monoisotopic (exact) mass is 274 g/mol. The van der Waals surface area contributed by atoms with E-state index in [0.717, 1.165) is 21.3 Å². The van der Waals surface area contributed by atoms with Crippen LogP contribution in [-0.4, -0.2) is 9.13 Å². The number of nitrogens with two attached hydrogens (primary N) is 1. The van der Waals surface area contributed by atoms with Crippen LogP contribution < -0.4 is 17.0 Å². The highest BCUT2D eigenvalue weighted by molar-refractivity contribution is 5.38. The summed E-state index contributed by atoms with van der Waals surface area (Å²) in [5, 5.41) is 8.97. The topological polar surface area (TPSA) is 93.8 Å². The Balaban J connectivity index is 2.63. The van der Waals surface area contributed by atoms with Crippen LogP contribution in [0, 0.1) is 17.1 Å². The van der Waals surface area contributed by atoms with E-state index < -0.39 is 17.1 Å². The zero-order valence-corrected chi connectivity index (χ0v) is 10.6. The first kappa shape index (κ1) is 13.5. The predicted molar refractivity (Wildman–Crippen MR) is 70.6 cm³/mol. The van der Waals surface area contributed by atoms with E-state index in [1.807, 2.05) is 6.07 Å². The summed E-state index contributed by atoms with van der Waals surface area (Å²) in [6.07, 6.45) is 1.22. The second-order valence-electron chi connectivity index (χ2n) is 4.28. The number of aryl methyl sites for hydroxylation is 1. The molecule has 0 atom stereocenters. The predicted octanol–water partition coefficient (Wildman–Crippen LogP) is 0.188. The summed E-state index contributed by atoms with van der Waals surface area (Å²) in [4.78, 5) is 23.8. The van der Waals surface area contributed by atoms with E-state index in [4.69, 9.17) is 11.0 Å². The van der Waals surface area contributed by atoms with Gasteiger partial charge in [0.05, 0.1) is 18.2 Å². The average molecular weight is 274 g/mol. The summed E-state index contributed by atoms with van der Waals surface area (Å²) in [7, 11) is 1.45. The molecule has 0 amide bonds. The molecular weight excluding hydrogens is 263 g/mol. The van der Waals surface area contributed by atoms with Gasteiger partial charge in [0.25, 0.3) is 5.56 Å². The summed E-state index contributed by atoms with van der Waals surface area (Å²) < 4.78 is 15.3. The van der Waals surface area contributed by atoms with Crippen LogP contribution in [0.5, 0.6) is 0 Å². The van der Waals surface area contributed by atoms with Gasteiger partial charge in [-0.1, -0.05) is 0 Å². The van der Waals surface area contributed by atoms with Gasteiger partial charge in [-0.2, -0.15) is 5.26 Å². The first-order valence-corrected chi connectivity index (χ1v) is 5.68. The lowest BCUT2D eigenvalue weighted by atomic mass is 10.1. The fraction of sp³-hybridized carbons (Fsp3) is 0.154. The van der Waals surface area contributed by atoms with E-state index in [1.165, 1.54) is 19.3 Å². The molecule has 102 valence electrons. The Kier molecular flexibility index (Phi) is 3.39. The minimum Gasteiger partial charge on any atom is -0.393 e. The molecule has 6 nitrogen and oxygen atoms in total. The Morgan fingerprint density at radius 2 is 2.10 bits per heavy atom. The molecule has 0 aliphatic carbocycles. The third kappa shape index (κ3) is 2.31. The van der Waals surface area contributed by atoms with Gasteiger partial charge in [0.2, 0.25) is 0 Å². The zero-order chi connectivity index (χ0) is 14.9. The summed E-state index contributed by atoms with van der Waals surface area (Å²) >= 11 is 0. The van der Waals surface area contributed by atoms with E-state index >= 15 is 0 Å². The number of hydrogen-bond acceptors (Lipinski definition) is 4. The SMILES string of the molecule is Cn1cc(N)c(=O)n(Cc2cc(F)ccc2C#N)c1=O. The van der Waals surface area contributed by atoms with Crippen LogP contribution in [-0.2, 0) is 13.6 Å². The molecule has 2 rings (SSSR count). The highest BCUT2D eigenvalue weighted by Crippen LogP contribution is 2.11. The first-order chi connectivity index (χ1) is 9.43. The maximum atomic E-state index is 13.2. The summed E-state index contributed by atoms with van der Waals surface area (Å²) in [5.41, 5.74) is 4.61. The van der Waals surface area contributed by atoms with Crippen molar-refractivity contribution in [2.75, 3.05) is 5.73 Å². The van der Waals surface area contributed by atoms with Gasteiger partial charge in [0.15, 0.2) is 0 Å². The summed E-state index contributed by atoms with van der Waals surface area (Å²) in [6, 6.07) is 5.45. The van der Waals surface area contributed by atoms with Crippen LogP contribution in [0.2, 0.25) is 0 Å². The van der Waals surface area contributed by atoms with Crippen LogP contribution in [0.3, 0.4) is 0 Å². The fourth-order valence-electron chi connectivity index (χ4n) is 1.86. The van der Waals surface area contributed by atoms with Crippen LogP contribution in [0.4, 0.5) is 10.1 Å². The fourth-order valence-corrected chi connectivity index (χ4v) is 1.86. The van der Waals surface area contributed by atoms with Crippen molar-refractivity contribution in [3.63, 3.8) is 0 Å². The maximum absolute atomic E-state index is 13.2. The third-order valence-corrected chi connectivity index (χ3v) is 2.87. The Bertz CT molecular complexity index is 795. The van der Waals surface area contributed by atoms with Gasteiger partial charge in [-0.15, -0.1) is 0 Å². The second kappa shape index (κ2) is 5.01. The lowest BCUT2D eigenvalue weighted by Crippen LogP contribution is -2.40. The number of halogens is 1. The number of rotatable bonds is 2. The Hall–Kier alpha value is -2.88. The number of benzene rings is 1. The Morgan fingerprint density at radius 3 is 2.75 bits per heavy atom. The third-order valence-electron chi connectivity index (χ3n) is 2.87. The molecule has 0 bridgehead atoms. The van der Waals surface area contributed by atoms with E-state index in [1.54, 1.807) is 0 Å². The zero-order valence-electron chi connectivity index (χ0n) is 10.6. The molecule has 1 aromatic heterocycles. The second-order valence-corrected chi connectivity index (χ2v) is 4.28. The first-order valence-electron chi connectivity index (χ1n) is 5.68. The lowest BCUT2D eigenvalue weighted by Gasteiger charge is -2.09. The minimum absolute atomic E-state index is 0.0954. The van der Waals surface area contributed by atoms with Gasteiger partial charge in [0.1, 0.15) is 11.5 Å². The van der Waals surface area contributed by atoms with Crippen molar-refractivity contribution in [2.45, 2.75) is 6.54 Å². The largest absolute Gasteiger partial charge is 0.393 e. The van der Waals surface area contributed by atoms with Crippen molar-refractivity contribution in [2.24, 2.45) is 7.05 Å².